The number of halogens is 1. The summed E-state index contributed by atoms with van der Waals surface area (Å²) in [5.74, 6) is 0.961. The fraction of sp³-hybridized carbons (Fsp3) is 0.200. The zero-order chi connectivity index (χ0) is 14.9. The normalized spacial score (nSPS) is 10.4. The summed E-state index contributed by atoms with van der Waals surface area (Å²) in [6, 6.07) is 7.66. The van der Waals surface area contributed by atoms with Crippen LogP contribution in [0.5, 0.6) is 11.6 Å². The highest BCUT2D eigenvalue weighted by Gasteiger charge is 2.15. The molecule has 0 atom stereocenters. The number of ether oxygens (including phenoxy) is 1. The van der Waals surface area contributed by atoms with Crippen LogP contribution in [-0.4, -0.2) is 10.8 Å². The Balaban J connectivity index is 2.50. The molecule has 0 aliphatic rings. The Hall–Kier alpha value is -1.88. The van der Waals surface area contributed by atoms with E-state index in [4.69, 9.17) is 15.9 Å². The number of benzene rings is 1. The van der Waals surface area contributed by atoms with E-state index in [1.54, 1.807) is 0 Å². The van der Waals surface area contributed by atoms with E-state index in [0.29, 0.717) is 17.2 Å². The molecule has 1 aromatic carbocycles. The minimum absolute atomic E-state index is 0.0479. The van der Waals surface area contributed by atoms with Gasteiger partial charge in [0.05, 0.1) is 10.0 Å². The molecule has 1 aromatic heterocycles. The van der Waals surface area contributed by atoms with E-state index in [1.807, 2.05) is 45.0 Å². The zero-order valence-corrected chi connectivity index (χ0v) is 13.2. The Kier molecular flexibility index (Phi) is 4.09. The Morgan fingerprint density at radius 2 is 1.95 bits per heavy atom. The predicted octanol–water partition coefficient (Wildman–Crippen LogP) is 3.85. The summed E-state index contributed by atoms with van der Waals surface area (Å²) in [7, 11) is 0. The molecular formula is C15H16BrN3O. The molecule has 0 saturated heterocycles. The first-order valence-corrected chi connectivity index (χ1v) is 6.94. The van der Waals surface area contributed by atoms with E-state index < -0.39 is 0 Å². The summed E-state index contributed by atoms with van der Waals surface area (Å²) >= 11 is 3.47. The second-order valence-electron chi connectivity index (χ2n) is 4.71. The first kappa shape index (κ1) is 14.5. The van der Waals surface area contributed by atoms with Crippen LogP contribution in [0.25, 0.3) is 0 Å². The summed E-state index contributed by atoms with van der Waals surface area (Å²) in [6.07, 6.45) is 0. The molecule has 0 saturated carbocycles. The maximum absolute atomic E-state index is 7.69. The van der Waals surface area contributed by atoms with Gasteiger partial charge in [0.15, 0.2) is 0 Å². The van der Waals surface area contributed by atoms with Gasteiger partial charge in [0.2, 0.25) is 5.88 Å². The molecule has 0 spiro atoms. The Bertz CT molecular complexity index is 683. The lowest BCUT2D eigenvalue weighted by Gasteiger charge is -2.13. The number of hydrogen-bond donors (Lipinski definition) is 2. The summed E-state index contributed by atoms with van der Waals surface area (Å²) < 4.78 is 6.68. The maximum Gasteiger partial charge on any atom is 0.230 e. The van der Waals surface area contributed by atoms with Crippen LogP contribution >= 0.6 is 15.9 Å². The Morgan fingerprint density at radius 1 is 1.25 bits per heavy atom. The zero-order valence-electron chi connectivity index (χ0n) is 11.6. The number of nitrogens with one attached hydrogen (secondary N) is 1. The van der Waals surface area contributed by atoms with Gasteiger partial charge in [-0.1, -0.05) is 6.07 Å². The summed E-state index contributed by atoms with van der Waals surface area (Å²) in [6.45, 7) is 5.78. The van der Waals surface area contributed by atoms with Crippen molar-refractivity contribution in [2.45, 2.75) is 20.8 Å². The smallest absolute Gasteiger partial charge is 0.230 e. The van der Waals surface area contributed by atoms with Gasteiger partial charge in [0, 0.05) is 5.69 Å². The summed E-state index contributed by atoms with van der Waals surface area (Å²) in [5.41, 5.74) is 9.00. The molecule has 20 heavy (non-hydrogen) atoms. The number of nitrogens with zero attached hydrogens (tertiary/aromatic N) is 1. The Morgan fingerprint density at radius 3 is 2.55 bits per heavy atom. The summed E-state index contributed by atoms with van der Waals surface area (Å²) in [5, 5.41) is 7.69. The predicted molar refractivity (Wildman–Crippen MR) is 83.7 cm³/mol. The van der Waals surface area contributed by atoms with Crippen LogP contribution in [0.15, 0.2) is 28.7 Å². The lowest BCUT2D eigenvalue weighted by molar-refractivity contribution is 0.457. The largest absolute Gasteiger partial charge is 0.437 e. The molecule has 0 unspecified atom stereocenters. The third kappa shape index (κ3) is 2.99. The van der Waals surface area contributed by atoms with Crippen LogP contribution in [0.4, 0.5) is 0 Å². The number of aromatic nitrogens is 1. The molecular weight excluding hydrogens is 318 g/mol. The van der Waals surface area contributed by atoms with Crippen LogP contribution < -0.4 is 10.5 Å². The second kappa shape index (κ2) is 5.63. The van der Waals surface area contributed by atoms with E-state index in [-0.39, 0.29) is 5.84 Å². The van der Waals surface area contributed by atoms with Gasteiger partial charge in [0.25, 0.3) is 0 Å². The van der Waals surface area contributed by atoms with Crippen molar-refractivity contribution in [2.75, 3.05) is 0 Å². The van der Waals surface area contributed by atoms with Gasteiger partial charge in [-0.25, -0.2) is 4.98 Å². The van der Waals surface area contributed by atoms with Crippen molar-refractivity contribution in [3.05, 3.63) is 51.1 Å². The third-order valence-corrected chi connectivity index (χ3v) is 3.49. The van der Waals surface area contributed by atoms with Crippen LogP contribution in [0.2, 0.25) is 0 Å². The molecule has 0 fully saturated rings. The highest BCUT2D eigenvalue weighted by Crippen LogP contribution is 2.32. The van der Waals surface area contributed by atoms with Crippen molar-refractivity contribution in [3.63, 3.8) is 0 Å². The topological polar surface area (TPSA) is 72.0 Å². The van der Waals surface area contributed by atoms with Crippen LogP contribution in [0.3, 0.4) is 0 Å². The van der Waals surface area contributed by atoms with Crippen LogP contribution in [0, 0.1) is 26.2 Å². The van der Waals surface area contributed by atoms with E-state index in [0.717, 1.165) is 21.3 Å². The van der Waals surface area contributed by atoms with Crippen molar-refractivity contribution in [1.82, 2.24) is 4.98 Å². The number of nitrogens with two attached hydrogens (primary N) is 1. The SMILES string of the molecule is Cc1ccc(Oc2nc(C)cc(C)c2C(=N)N)c(Br)c1. The molecule has 104 valence electrons. The lowest BCUT2D eigenvalue weighted by Crippen LogP contribution is -2.15. The molecule has 2 rings (SSSR count). The minimum atomic E-state index is -0.0479. The van der Waals surface area contributed by atoms with Crippen molar-refractivity contribution < 1.29 is 4.74 Å². The molecule has 5 heteroatoms. The second-order valence-corrected chi connectivity index (χ2v) is 5.56. The quantitative estimate of drug-likeness (QED) is 0.662. The monoisotopic (exact) mass is 333 g/mol. The number of aryl methyl sites for hydroxylation is 3. The van der Waals surface area contributed by atoms with E-state index in [9.17, 15) is 0 Å². The highest BCUT2D eigenvalue weighted by atomic mass is 79.9. The number of hydrogen-bond acceptors (Lipinski definition) is 3. The molecule has 2 aromatic rings. The van der Waals surface area contributed by atoms with Gasteiger partial charge in [-0.05, 0) is 66.0 Å². The molecule has 0 aliphatic heterocycles. The molecule has 0 amide bonds. The van der Waals surface area contributed by atoms with Crippen molar-refractivity contribution >= 4 is 21.8 Å². The molecule has 1 heterocycles. The van der Waals surface area contributed by atoms with Crippen molar-refractivity contribution in [3.8, 4) is 11.6 Å². The van der Waals surface area contributed by atoms with Gasteiger partial charge in [0.1, 0.15) is 11.6 Å². The first-order valence-electron chi connectivity index (χ1n) is 6.15. The molecule has 3 N–H and O–H groups in total. The fourth-order valence-electron chi connectivity index (χ4n) is 2.00. The summed E-state index contributed by atoms with van der Waals surface area (Å²) in [4.78, 5) is 4.35. The van der Waals surface area contributed by atoms with Gasteiger partial charge in [-0.15, -0.1) is 0 Å². The van der Waals surface area contributed by atoms with E-state index >= 15 is 0 Å². The van der Waals surface area contributed by atoms with Crippen LogP contribution in [0.1, 0.15) is 22.4 Å². The van der Waals surface area contributed by atoms with Crippen LogP contribution in [-0.2, 0) is 0 Å². The van der Waals surface area contributed by atoms with Crippen molar-refractivity contribution in [1.29, 1.82) is 5.41 Å². The number of rotatable bonds is 3. The standard InChI is InChI=1S/C15H16BrN3O/c1-8-4-5-12(11(16)6-8)20-15-13(14(17)18)9(2)7-10(3)19-15/h4-7H,1-3H3,(H3,17,18). The van der Waals surface area contributed by atoms with E-state index in [2.05, 4.69) is 20.9 Å². The molecule has 0 radical (unpaired) electrons. The highest BCUT2D eigenvalue weighted by molar-refractivity contribution is 9.10. The Labute approximate surface area is 126 Å². The lowest BCUT2D eigenvalue weighted by atomic mass is 10.1. The molecule has 4 nitrogen and oxygen atoms in total. The third-order valence-electron chi connectivity index (χ3n) is 2.87. The number of amidine groups is 1. The molecule has 0 bridgehead atoms. The minimum Gasteiger partial charge on any atom is -0.437 e. The van der Waals surface area contributed by atoms with Gasteiger partial charge >= 0.3 is 0 Å². The van der Waals surface area contributed by atoms with E-state index in [1.165, 1.54) is 0 Å². The molecule has 0 aliphatic carbocycles. The van der Waals surface area contributed by atoms with Gasteiger partial charge in [-0.3, -0.25) is 5.41 Å². The van der Waals surface area contributed by atoms with Gasteiger partial charge in [-0.2, -0.15) is 0 Å². The average molecular weight is 334 g/mol. The maximum atomic E-state index is 7.69. The average Bonchev–Trinajstić information content (AvgIpc) is 2.31. The first-order chi connectivity index (χ1) is 9.38. The number of pyridine rings is 1. The van der Waals surface area contributed by atoms with Crippen molar-refractivity contribution in [2.24, 2.45) is 5.73 Å². The van der Waals surface area contributed by atoms with Gasteiger partial charge < -0.3 is 10.5 Å². The fourth-order valence-corrected chi connectivity index (χ4v) is 2.57. The number of nitrogen functional groups attached to an aromatic ring is 1.